The molecule has 0 aliphatic rings. The highest BCUT2D eigenvalue weighted by atomic mass is 35.5. The Morgan fingerprint density at radius 1 is 1.00 bits per heavy atom. The summed E-state index contributed by atoms with van der Waals surface area (Å²) in [5.41, 5.74) is -4.78. The Kier molecular flexibility index (Phi) is 7.01. The molecule has 5 rings (SSSR count). The molecule has 17 heteroatoms. The molecule has 42 heavy (non-hydrogen) atoms. The number of ether oxygens (including phenoxy) is 1. The minimum atomic E-state index is -4.96. The summed E-state index contributed by atoms with van der Waals surface area (Å²) in [7, 11) is 0. The fourth-order valence-corrected chi connectivity index (χ4v) is 4.02. The standard InChI is InChI=1S/C25H12ClF6N5O5/c26-20-21(35-36-19(25(30,31)32)11-17(34-22(20)36)18-5-2-6-41-18)23(38)33-13-8-14(37(39)40)10-16(9-13)42-15-4-1-3-12(7-15)24(27,28)29/h1-11H,(H,33,38). The van der Waals surface area contributed by atoms with Gasteiger partial charge in [0.15, 0.2) is 22.8 Å². The highest BCUT2D eigenvalue weighted by molar-refractivity contribution is 6.37. The molecule has 5 aromatic rings. The number of hydrogen-bond donors (Lipinski definition) is 1. The summed E-state index contributed by atoms with van der Waals surface area (Å²) in [6, 6.07) is 9.94. The molecular formula is C25H12ClF6N5O5. The van der Waals surface area contributed by atoms with Crippen molar-refractivity contribution >= 4 is 34.5 Å². The number of rotatable bonds is 6. The molecule has 0 atom stereocenters. The highest BCUT2D eigenvalue weighted by Crippen LogP contribution is 2.36. The van der Waals surface area contributed by atoms with Crippen LogP contribution in [0.4, 0.5) is 37.7 Å². The van der Waals surface area contributed by atoms with Crippen molar-refractivity contribution in [3.8, 4) is 23.0 Å². The molecule has 0 radical (unpaired) electrons. The number of nitrogens with zero attached hydrogens (tertiary/aromatic N) is 4. The average Bonchev–Trinajstić information content (AvgIpc) is 3.56. The quantitative estimate of drug-likeness (QED) is 0.119. The summed E-state index contributed by atoms with van der Waals surface area (Å²) in [5.74, 6) is -1.84. The summed E-state index contributed by atoms with van der Waals surface area (Å²) in [4.78, 5) is 27.7. The van der Waals surface area contributed by atoms with E-state index in [1.165, 1.54) is 24.5 Å². The van der Waals surface area contributed by atoms with Crippen LogP contribution in [0.5, 0.6) is 11.5 Å². The molecule has 0 saturated heterocycles. The van der Waals surface area contributed by atoms with Gasteiger partial charge in [-0.3, -0.25) is 14.9 Å². The summed E-state index contributed by atoms with van der Waals surface area (Å²) < 4.78 is 91.5. The topological polar surface area (TPSA) is 125 Å². The lowest BCUT2D eigenvalue weighted by Crippen LogP contribution is -2.16. The Labute approximate surface area is 234 Å². The van der Waals surface area contributed by atoms with Crippen LogP contribution in [-0.4, -0.2) is 25.4 Å². The summed E-state index contributed by atoms with van der Waals surface area (Å²) in [6.45, 7) is 0. The fourth-order valence-electron chi connectivity index (χ4n) is 3.77. The zero-order chi connectivity index (χ0) is 30.4. The van der Waals surface area contributed by atoms with E-state index in [4.69, 9.17) is 20.8 Å². The minimum Gasteiger partial charge on any atom is -0.463 e. The van der Waals surface area contributed by atoms with Gasteiger partial charge in [-0.25, -0.2) is 9.50 Å². The number of non-ortho nitro benzene ring substituents is 1. The number of carbonyl (C=O) groups is 1. The maximum absolute atomic E-state index is 13.9. The van der Waals surface area contributed by atoms with E-state index in [0.717, 1.165) is 30.3 Å². The van der Waals surface area contributed by atoms with Gasteiger partial charge in [0, 0.05) is 12.1 Å². The van der Waals surface area contributed by atoms with Crippen molar-refractivity contribution in [3.63, 3.8) is 0 Å². The number of hydrogen-bond acceptors (Lipinski definition) is 7. The van der Waals surface area contributed by atoms with E-state index >= 15 is 0 Å². The van der Waals surface area contributed by atoms with Crippen LogP contribution in [0, 0.1) is 10.1 Å². The van der Waals surface area contributed by atoms with E-state index in [-0.39, 0.29) is 28.6 Å². The first kappa shape index (κ1) is 28.4. The van der Waals surface area contributed by atoms with Crippen molar-refractivity contribution in [2.24, 2.45) is 0 Å². The maximum atomic E-state index is 13.9. The first-order chi connectivity index (χ1) is 19.7. The summed E-state index contributed by atoms with van der Waals surface area (Å²) in [5, 5.41) is 16.8. The van der Waals surface area contributed by atoms with Gasteiger partial charge in [0.2, 0.25) is 0 Å². The molecule has 0 unspecified atom stereocenters. The van der Waals surface area contributed by atoms with Crippen molar-refractivity contribution < 1.29 is 45.2 Å². The van der Waals surface area contributed by atoms with Gasteiger partial charge in [-0.15, -0.1) is 0 Å². The third-order valence-corrected chi connectivity index (χ3v) is 5.92. The van der Waals surface area contributed by atoms with Crippen molar-refractivity contribution in [3.05, 3.63) is 99.0 Å². The number of aromatic nitrogens is 3. The third-order valence-electron chi connectivity index (χ3n) is 5.57. The van der Waals surface area contributed by atoms with Gasteiger partial charge < -0.3 is 14.5 Å². The maximum Gasteiger partial charge on any atom is 0.433 e. The normalized spacial score (nSPS) is 12.0. The van der Waals surface area contributed by atoms with Gasteiger partial charge in [0.05, 0.1) is 28.5 Å². The Hall–Kier alpha value is -5.12. The number of nitrogens with one attached hydrogen (secondary N) is 1. The van der Waals surface area contributed by atoms with Crippen LogP contribution in [0.1, 0.15) is 21.7 Å². The lowest BCUT2D eigenvalue weighted by Gasteiger charge is -2.11. The van der Waals surface area contributed by atoms with E-state index in [1.807, 2.05) is 0 Å². The van der Waals surface area contributed by atoms with Crippen LogP contribution in [0.2, 0.25) is 5.02 Å². The number of halogens is 7. The molecule has 1 amide bonds. The average molecular weight is 612 g/mol. The lowest BCUT2D eigenvalue weighted by molar-refractivity contribution is -0.384. The number of benzene rings is 2. The lowest BCUT2D eigenvalue weighted by atomic mass is 10.2. The molecule has 0 aliphatic heterocycles. The molecule has 1 N–H and O–H groups in total. The summed E-state index contributed by atoms with van der Waals surface area (Å²) in [6.07, 6.45) is -8.43. The van der Waals surface area contributed by atoms with Crippen molar-refractivity contribution in [1.82, 2.24) is 14.6 Å². The predicted octanol–water partition coefficient (Wildman–Crippen LogP) is 7.63. The molecule has 216 valence electrons. The van der Waals surface area contributed by atoms with Gasteiger partial charge in [-0.1, -0.05) is 17.7 Å². The van der Waals surface area contributed by atoms with Crippen LogP contribution < -0.4 is 10.1 Å². The predicted molar refractivity (Wildman–Crippen MR) is 133 cm³/mol. The van der Waals surface area contributed by atoms with Crippen LogP contribution in [0.3, 0.4) is 0 Å². The molecular weight excluding hydrogens is 600 g/mol. The van der Waals surface area contributed by atoms with Crippen LogP contribution in [0.15, 0.2) is 71.3 Å². The zero-order valence-corrected chi connectivity index (χ0v) is 21.1. The number of nitro benzene ring substituents is 1. The van der Waals surface area contributed by atoms with Gasteiger partial charge in [0.1, 0.15) is 22.2 Å². The molecule has 0 spiro atoms. The molecule has 0 aliphatic carbocycles. The first-order valence-corrected chi connectivity index (χ1v) is 11.7. The molecule has 2 aromatic carbocycles. The second kappa shape index (κ2) is 10.4. The van der Waals surface area contributed by atoms with Crippen molar-refractivity contribution in [1.29, 1.82) is 0 Å². The van der Waals surface area contributed by atoms with Gasteiger partial charge in [-0.05, 0) is 36.4 Å². The van der Waals surface area contributed by atoms with Crippen molar-refractivity contribution in [2.75, 3.05) is 5.32 Å². The number of furan rings is 1. The number of carbonyl (C=O) groups excluding carboxylic acids is 1. The van der Waals surface area contributed by atoms with Crippen LogP contribution in [0.25, 0.3) is 17.1 Å². The first-order valence-electron chi connectivity index (χ1n) is 11.4. The number of alkyl halides is 6. The molecule has 10 nitrogen and oxygen atoms in total. The smallest absolute Gasteiger partial charge is 0.433 e. The highest BCUT2D eigenvalue weighted by Gasteiger charge is 2.37. The summed E-state index contributed by atoms with van der Waals surface area (Å²) >= 11 is 6.22. The minimum absolute atomic E-state index is 0.0174. The number of nitro groups is 1. The largest absolute Gasteiger partial charge is 0.463 e. The second-order valence-electron chi connectivity index (χ2n) is 8.45. The van der Waals surface area contributed by atoms with E-state index in [2.05, 4.69) is 15.4 Å². The molecule has 3 heterocycles. The molecule has 0 fully saturated rings. The van der Waals surface area contributed by atoms with Gasteiger partial charge >= 0.3 is 12.4 Å². The van der Waals surface area contributed by atoms with Crippen molar-refractivity contribution in [2.45, 2.75) is 12.4 Å². The SMILES string of the molecule is O=C(Nc1cc(Oc2cccc(C(F)(F)F)c2)cc([N+](=O)[O-])c1)c1nn2c(C(F)(F)F)cc(-c3ccco3)nc2c1Cl. The van der Waals surface area contributed by atoms with Gasteiger partial charge in [0.25, 0.3) is 11.6 Å². The number of fused-ring (bicyclic) bond motifs is 1. The molecule has 3 aromatic heterocycles. The van der Waals surface area contributed by atoms with Crippen LogP contribution >= 0.6 is 11.6 Å². The molecule has 0 bridgehead atoms. The Morgan fingerprint density at radius 2 is 1.76 bits per heavy atom. The molecule has 0 saturated carbocycles. The van der Waals surface area contributed by atoms with E-state index < -0.39 is 56.5 Å². The zero-order valence-electron chi connectivity index (χ0n) is 20.3. The Balaban J connectivity index is 1.51. The van der Waals surface area contributed by atoms with E-state index in [9.17, 15) is 41.3 Å². The third kappa shape index (κ3) is 5.69. The van der Waals surface area contributed by atoms with E-state index in [1.54, 1.807) is 0 Å². The Morgan fingerprint density at radius 3 is 2.40 bits per heavy atom. The van der Waals surface area contributed by atoms with Crippen LogP contribution in [-0.2, 0) is 12.4 Å². The second-order valence-corrected chi connectivity index (χ2v) is 8.83. The Bertz CT molecular complexity index is 1840. The van der Waals surface area contributed by atoms with E-state index in [0.29, 0.717) is 16.6 Å². The monoisotopic (exact) mass is 611 g/mol. The number of anilines is 1. The number of amides is 1. The van der Waals surface area contributed by atoms with Gasteiger partial charge in [-0.2, -0.15) is 31.4 Å². The fraction of sp³-hybridized carbons (Fsp3) is 0.0800.